The molecule has 0 bridgehead atoms. The minimum absolute atomic E-state index is 0.0355. The zero-order valence-corrected chi connectivity index (χ0v) is 28.5. The lowest BCUT2D eigenvalue weighted by atomic mass is 9.76. The maximum atomic E-state index is 14.0. The monoisotopic (exact) mass is 629 g/mol. The van der Waals surface area contributed by atoms with E-state index >= 15 is 0 Å². The van der Waals surface area contributed by atoms with E-state index in [1.807, 2.05) is 36.4 Å². The minimum atomic E-state index is -0.760. The van der Waals surface area contributed by atoms with E-state index in [9.17, 15) is 4.79 Å². The van der Waals surface area contributed by atoms with E-state index in [4.69, 9.17) is 4.74 Å². The predicted molar refractivity (Wildman–Crippen MR) is 197 cm³/mol. The lowest BCUT2D eigenvalue weighted by Crippen LogP contribution is -2.54. The van der Waals surface area contributed by atoms with Crippen molar-refractivity contribution in [3.63, 3.8) is 0 Å². The van der Waals surface area contributed by atoms with Crippen LogP contribution in [0, 0.1) is 0 Å². The largest absolute Gasteiger partial charge is 0.375 e. The standard InChI is InChI=1S/C44H55NO2/c1-2-3-4-5-6-7-8-9-10-11-12-13-26-35-43(46)42(37-47-36-38-27-18-14-19-28-38)45-44(39-29-20-15-21-30-39,40-31-22-16-23-32-40)41-33-24-17-25-34-41/h14-35,42,45H,2-13,36-37H2,1H3/b35-26+/t42-/m0/s1. The van der Waals surface area contributed by atoms with Crippen LogP contribution in [-0.2, 0) is 21.7 Å². The molecule has 0 aliphatic rings. The lowest BCUT2D eigenvalue weighted by molar-refractivity contribution is -0.118. The average molecular weight is 630 g/mol. The maximum absolute atomic E-state index is 14.0. The Hall–Kier alpha value is -3.79. The Morgan fingerprint density at radius 2 is 1.04 bits per heavy atom. The highest BCUT2D eigenvalue weighted by Gasteiger charge is 2.39. The molecule has 0 aromatic heterocycles. The van der Waals surface area contributed by atoms with Gasteiger partial charge in [-0.1, -0.05) is 199 Å². The van der Waals surface area contributed by atoms with E-state index in [1.165, 1.54) is 64.2 Å². The number of hydrogen-bond donors (Lipinski definition) is 1. The van der Waals surface area contributed by atoms with Gasteiger partial charge in [-0.15, -0.1) is 0 Å². The fraction of sp³-hybridized carbons (Fsp3) is 0.386. The Morgan fingerprint density at radius 1 is 0.617 bits per heavy atom. The maximum Gasteiger partial charge on any atom is 0.174 e. The topological polar surface area (TPSA) is 38.3 Å². The summed E-state index contributed by atoms with van der Waals surface area (Å²) in [5.74, 6) is 0.0355. The number of carbonyl (C=O) groups excluding carboxylic acids is 1. The second-order valence-electron chi connectivity index (χ2n) is 12.7. The highest BCUT2D eigenvalue weighted by molar-refractivity contribution is 5.94. The molecule has 0 spiro atoms. The summed E-state index contributed by atoms with van der Waals surface area (Å²) >= 11 is 0. The fourth-order valence-electron chi connectivity index (χ4n) is 6.38. The Bertz CT molecular complexity index is 1310. The molecule has 0 fully saturated rings. The van der Waals surface area contributed by atoms with Gasteiger partial charge in [0.1, 0.15) is 0 Å². The SMILES string of the molecule is CCCCCCCCCCCCC/C=C/C(=O)[C@H](COCc1ccccc1)NC(c1ccccc1)(c1ccccc1)c1ccccc1. The molecule has 4 rings (SSSR count). The van der Waals surface area contributed by atoms with Crippen LogP contribution < -0.4 is 5.32 Å². The quantitative estimate of drug-likeness (QED) is 0.0504. The molecule has 47 heavy (non-hydrogen) atoms. The van der Waals surface area contributed by atoms with Crippen molar-refractivity contribution < 1.29 is 9.53 Å². The number of ketones is 1. The molecule has 4 aromatic rings. The highest BCUT2D eigenvalue weighted by Crippen LogP contribution is 2.37. The van der Waals surface area contributed by atoms with Crippen LogP contribution in [0.5, 0.6) is 0 Å². The van der Waals surface area contributed by atoms with Crippen molar-refractivity contribution in [3.05, 3.63) is 156 Å². The van der Waals surface area contributed by atoms with Crippen LogP contribution in [0.2, 0.25) is 0 Å². The summed E-state index contributed by atoms with van der Waals surface area (Å²) in [6.45, 7) is 2.98. The van der Waals surface area contributed by atoms with Crippen LogP contribution in [-0.4, -0.2) is 18.4 Å². The molecule has 248 valence electrons. The number of carbonyl (C=O) groups is 1. The summed E-state index contributed by atoms with van der Waals surface area (Å²) in [4.78, 5) is 14.0. The smallest absolute Gasteiger partial charge is 0.174 e. The van der Waals surface area contributed by atoms with Gasteiger partial charge in [-0.3, -0.25) is 10.1 Å². The Balaban J connectivity index is 1.46. The summed E-state index contributed by atoms with van der Waals surface area (Å²) in [5, 5.41) is 3.87. The molecular weight excluding hydrogens is 574 g/mol. The molecule has 3 heteroatoms. The van der Waals surface area contributed by atoms with Crippen molar-refractivity contribution >= 4 is 5.78 Å². The van der Waals surface area contributed by atoms with Crippen molar-refractivity contribution in [2.24, 2.45) is 0 Å². The zero-order chi connectivity index (χ0) is 32.8. The van der Waals surface area contributed by atoms with E-state index in [2.05, 4.69) is 103 Å². The van der Waals surface area contributed by atoms with Gasteiger partial charge in [0.2, 0.25) is 0 Å². The number of unbranched alkanes of at least 4 members (excludes halogenated alkanes) is 11. The van der Waals surface area contributed by atoms with Gasteiger partial charge in [-0.2, -0.15) is 0 Å². The van der Waals surface area contributed by atoms with Gasteiger partial charge in [0.05, 0.1) is 24.8 Å². The lowest BCUT2D eigenvalue weighted by Gasteiger charge is -2.39. The summed E-state index contributed by atoms with van der Waals surface area (Å²) in [5.41, 5.74) is 3.55. The van der Waals surface area contributed by atoms with Crippen molar-refractivity contribution in [2.75, 3.05) is 6.61 Å². The second kappa shape index (κ2) is 21.2. The molecule has 3 nitrogen and oxygen atoms in total. The Kier molecular flexibility index (Phi) is 16.2. The summed E-state index contributed by atoms with van der Waals surface area (Å²) in [7, 11) is 0. The van der Waals surface area contributed by atoms with Gasteiger partial charge in [-0.05, 0) is 41.2 Å². The molecule has 1 N–H and O–H groups in total. The van der Waals surface area contributed by atoms with Crippen molar-refractivity contribution in [3.8, 4) is 0 Å². The zero-order valence-electron chi connectivity index (χ0n) is 28.5. The van der Waals surface area contributed by atoms with E-state index in [0.29, 0.717) is 6.61 Å². The van der Waals surface area contributed by atoms with Crippen LogP contribution in [0.15, 0.2) is 133 Å². The molecule has 4 aromatic carbocycles. The Labute approximate surface area is 284 Å². The summed E-state index contributed by atoms with van der Waals surface area (Å²) in [6.07, 6.45) is 19.3. The molecule has 0 heterocycles. The fourth-order valence-corrected chi connectivity index (χ4v) is 6.38. The molecule has 0 saturated heterocycles. The predicted octanol–water partition coefficient (Wildman–Crippen LogP) is 11.0. The minimum Gasteiger partial charge on any atom is -0.375 e. The molecule has 0 unspecified atom stereocenters. The van der Waals surface area contributed by atoms with Crippen LogP contribution in [0.25, 0.3) is 0 Å². The molecular formula is C44H55NO2. The second-order valence-corrected chi connectivity index (χ2v) is 12.7. The van der Waals surface area contributed by atoms with Crippen molar-refractivity contribution in [1.82, 2.24) is 5.32 Å². The number of allylic oxidation sites excluding steroid dienone is 1. The third-order valence-electron chi connectivity index (χ3n) is 9.01. The van der Waals surface area contributed by atoms with Gasteiger partial charge in [0.15, 0.2) is 5.78 Å². The van der Waals surface area contributed by atoms with Crippen LogP contribution in [0.4, 0.5) is 0 Å². The molecule has 0 aliphatic carbocycles. The highest BCUT2D eigenvalue weighted by atomic mass is 16.5. The van der Waals surface area contributed by atoms with E-state index in [0.717, 1.165) is 35.1 Å². The van der Waals surface area contributed by atoms with Crippen LogP contribution in [0.1, 0.15) is 106 Å². The average Bonchev–Trinajstić information content (AvgIpc) is 3.13. The Morgan fingerprint density at radius 3 is 1.51 bits per heavy atom. The van der Waals surface area contributed by atoms with Crippen LogP contribution in [0.3, 0.4) is 0 Å². The number of rotatable bonds is 23. The van der Waals surface area contributed by atoms with Gasteiger partial charge in [0.25, 0.3) is 0 Å². The molecule has 1 atom stereocenters. The van der Waals surface area contributed by atoms with E-state index in [-0.39, 0.29) is 12.4 Å². The summed E-state index contributed by atoms with van der Waals surface area (Å²) < 4.78 is 6.26. The number of benzene rings is 4. The number of ether oxygens (including phenoxy) is 1. The van der Waals surface area contributed by atoms with Gasteiger partial charge in [-0.25, -0.2) is 0 Å². The van der Waals surface area contributed by atoms with Crippen LogP contribution >= 0.6 is 0 Å². The normalized spacial score (nSPS) is 12.4. The molecule has 0 aliphatic heterocycles. The van der Waals surface area contributed by atoms with Gasteiger partial charge in [0, 0.05) is 0 Å². The molecule has 0 radical (unpaired) electrons. The molecule has 0 saturated carbocycles. The van der Waals surface area contributed by atoms with Gasteiger partial charge < -0.3 is 4.74 Å². The molecule has 0 amide bonds. The first-order valence-corrected chi connectivity index (χ1v) is 18.0. The van der Waals surface area contributed by atoms with Crippen molar-refractivity contribution in [1.29, 1.82) is 0 Å². The third kappa shape index (κ3) is 11.8. The van der Waals surface area contributed by atoms with E-state index in [1.54, 1.807) is 6.08 Å². The van der Waals surface area contributed by atoms with Crippen molar-refractivity contribution in [2.45, 2.75) is 102 Å². The first-order chi connectivity index (χ1) is 23.2. The summed E-state index contributed by atoms with van der Waals surface area (Å²) in [6, 6.07) is 40.9. The third-order valence-corrected chi connectivity index (χ3v) is 9.01. The first kappa shape index (κ1) is 36.1. The number of hydrogen-bond acceptors (Lipinski definition) is 3. The van der Waals surface area contributed by atoms with Gasteiger partial charge >= 0.3 is 0 Å². The van der Waals surface area contributed by atoms with E-state index < -0.39 is 11.6 Å². The number of nitrogens with one attached hydrogen (secondary N) is 1. The first-order valence-electron chi connectivity index (χ1n) is 18.0.